The van der Waals surface area contributed by atoms with Crippen LogP contribution in [0.4, 0.5) is 0 Å². The number of carbonyl (C=O) groups excluding carboxylic acids is 1. The average molecular weight is 275 g/mol. The number of rotatable bonds is 12. The van der Waals surface area contributed by atoms with Gasteiger partial charge in [-0.05, 0) is 13.0 Å². The lowest BCUT2D eigenvalue weighted by molar-refractivity contribution is -0.130. The highest BCUT2D eigenvalue weighted by molar-refractivity contribution is 5.76. The largest absolute Gasteiger partial charge is 0.383 e. The van der Waals surface area contributed by atoms with Gasteiger partial charge >= 0.3 is 0 Å². The molecule has 114 valence electrons. The summed E-state index contributed by atoms with van der Waals surface area (Å²) in [7, 11) is 5.19. The first-order valence-corrected chi connectivity index (χ1v) is 6.80. The van der Waals surface area contributed by atoms with Crippen molar-refractivity contribution in [2.24, 2.45) is 5.73 Å². The number of hydrogen-bond acceptors (Lipinski definition) is 5. The fourth-order valence-corrected chi connectivity index (χ4v) is 1.67. The highest BCUT2D eigenvalue weighted by atomic mass is 16.5. The van der Waals surface area contributed by atoms with Crippen molar-refractivity contribution in [2.45, 2.75) is 12.8 Å². The third kappa shape index (κ3) is 9.84. The predicted octanol–water partition coefficient (Wildman–Crippen LogP) is -0.221. The smallest absolute Gasteiger partial charge is 0.223 e. The summed E-state index contributed by atoms with van der Waals surface area (Å²) in [6, 6.07) is 0. The average Bonchev–Trinajstić information content (AvgIpc) is 2.43. The van der Waals surface area contributed by atoms with Crippen molar-refractivity contribution in [3.05, 3.63) is 0 Å². The molecule has 0 heterocycles. The summed E-state index contributed by atoms with van der Waals surface area (Å²) in [5.74, 6) is 0.160. The maximum absolute atomic E-state index is 11.9. The summed E-state index contributed by atoms with van der Waals surface area (Å²) in [5, 5.41) is 0. The Morgan fingerprint density at radius 3 is 2.11 bits per heavy atom. The van der Waals surface area contributed by atoms with E-state index in [1.807, 2.05) is 7.05 Å². The summed E-state index contributed by atoms with van der Waals surface area (Å²) in [6.45, 7) is 5.05. The molecule has 0 aromatic rings. The number of ether oxygens (including phenoxy) is 2. The van der Waals surface area contributed by atoms with Crippen molar-refractivity contribution in [1.29, 1.82) is 0 Å². The van der Waals surface area contributed by atoms with Gasteiger partial charge in [-0.15, -0.1) is 0 Å². The molecule has 0 saturated carbocycles. The van der Waals surface area contributed by atoms with Gasteiger partial charge in [-0.25, -0.2) is 0 Å². The maximum atomic E-state index is 11.9. The molecule has 0 aliphatic heterocycles. The van der Waals surface area contributed by atoms with Crippen LogP contribution in [-0.2, 0) is 14.3 Å². The molecule has 1 amide bonds. The minimum Gasteiger partial charge on any atom is -0.383 e. The van der Waals surface area contributed by atoms with E-state index < -0.39 is 0 Å². The molecule has 0 spiro atoms. The zero-order valence-corrected chi connectivity index (χ0v) is 12.6. The van der Waals surface area contributed by atoms with E-state index in [1.54, 1.807) is 19.1 Å². The molecular formula is C13H29N3O3. The zero-order valence-electron chi connectivity index (χ0n) is 12.6. The van der Waals surface area contributed by atoms with Crippen molar-refractivity contribution >= 4 is 5.91 Å². The van der Waals surface area contributed by atoms with E-state index in [9.17, 15) is 4.79 Å². The van der Waals surface area contributed by atoms with Crippen molar-refractivity contribution < 1.29 is 14.3 Å². The molecule has 0 aromatic carbocycles. The van der Waals surface area contributed by atoms with Crippen LogP contribution in [0.25, 0.3) is 0 Å². The first kappa shape index (κ1) is 18.3. The number of nitrogens with zero attached hydrogens (tertiary/aromatic N) is 2. The molecule has 0 saturated heterocycles. The van der Waals surface area contributed by atoms with Crippen LogP contribution in [0.15, 0.2) is 0 Å². The summed E-state index contributed by atoms with van der Waals surface area (Å²) in [6.07, 6.45) is 1.37. The Balaban J connectivity index is 3.95. The Morgan fingerprint density at radius 2 is 1.63 bits per heavy atom. The molecule has 0 atom stereocenters. The highest BCUT2D eigenvalue weighted by Crippen LogP contribution is 1.97. The van der Waals surface area contributed by atoms with E-state index >= 15 is 0 Å². The fourth-order valence-electron chi connectivity index (χ4n) is 1.67. The van der Waals surface area contributed by atoms with E-state index in [-0.39, 0.29) is 5.91 Å². The van der Waals surface area contributed by atoms with E-state index in [4.69, 9.17) is 15.2 Å². The van der Waals surface area contributed by atoms with Gasteiger partial charge in [0.1, 0.15) is 0 Å². The third-order valence-electron chi connectivity index (χ3n) is 2.99. The lowest BCUT2D eigenvalue weighted by Crippen LogP contribution is -2.36. The van der Waals surface area contributed by atoms with Gasteiger partial charge in [-0.3, -0.25) is 9.69 Å². The van der Waals surface area contributed by atoms with Gasteiger partial charge in [0.05, 0.1) is 13.2 Å². The second-order valence-electron chi connectivity index (χ2n) is 4.53. The summed E-state index contributed by atoms with van der Waals surface area (Å²) >= 11 is 0. The van der Waals surface area contributed by atoms with E-state index in [2.05, 4.69) is 4.90 Å². The highest BCUT2D eigenvalue weighted by Gasteiger charge is 2.11. The van der Waals surface area contributed by atoms with E-state index in [0.717, 1.165) is 32.6 Å². The molecule has 2 N–H and O–H groups in total. The van der Waals surface area contributed by atoms with E-state index in [1.165, 1.54) is 0 Å². The van der Waals surface area contributed by atoms with Gasteiger partial charge in [0, 0.05) is 53.9 Å². The number of methoxy groups -OCH3 is 2. The van der Waals surface area contributed by atoms with Crippen LogP contribution in [0.2, 0.25) is 0 Å². The van der Waals surface area contributed by atoms with Crippen LogP contribution in [-0.4, -0.2) is 82.9 Å². The van der Waals surface area contributed by atoms with Crippen LogP contribution >= 0.6 is 0 Å². The van der Waals surface area contributed by atoms with Gasteiger partial charge in [0.15, 0.2) is 0 Å². The van der Waals surface area contributed by atoms with Crippen LogP contribution < -0.4 is 5.73 Å². The number of hydrogen-bond donors (Lipinski definition) is 1. The fraction of sp³-hybridized carbons (Fsp3) is 0.923. The van der Waals surface area contributed by atoms with Gasteiger partial charge in [0.2, 0.25) is 5.91 Å². The molecular weight excluding hydrogens is 246 g/mol. The van der Waals surface area contributed by atoms with Crippen LogP contribution in [0.5, 0.6) is 0 Å². The van der Waals surface area contributed by atoms with E-state index in [0.29, 0.717) is 26.2 Å². The van der Waals surface area contributed by atoms with Gasteiger partial charge in [-0.2, -0.15) is 0 Å². The van der Waals surface area contributed by atoms with Crippen LogP contribution in [0.1, 0.15) is 12.8 Å². The topological polar surface area (TPSA) is 68.0 Å². The summed E-state index contributed by atoms with van der Waals surface area (Å²) in [5.41, 5.74) is 5.43. The van der Waals surface area contributed by atoms with Crippen molar-refractivity contribution in [1.82, 2.24) is 9.80 Å². The Labute approximate surface area is 116 Å². The lowest BCUT2D eigenvalue weighted by atomic mass is 10.3. The van der Waals surface area contributed by atoms with Gasteiger partial charge in [0.25, 0.3) is 0 Å². The molecule has 0 bridgehead atoms. The molecule has 0 fully saturated rings. The maximum Gasteiger partial charge on any atom is 0.223 e. The van der Waals surface area contributed by atoms with Crippen LogP contribution in [0, 0.1) is 0 Å². The number of carbonyl (C=O) groups is 1. The van der Waals surface area contributed by atoms with Crippen molar-refractivity contribution in [2.75, 3.05) is 67.2 Å². The van der Waals surface area contributed by atoms with Gasteiger partial charge < -0.3 is 20.1 Å². The van der Waals surface area contributed by atoms with Gasteiger partial charge in [-0.1, -0.05) is 0 Å². The predicted molar refractivity (Wildman–Crippen MR) is 76.1 cm³/mol. The lowest BCUT2D eigenvalue weighted by Gasteiger charge is -2.23. The quantitative estimate of drug-likeness (QED) is 0.533. The first-order chi connectivity index (χ1) is 9.15. The second-order valence-corrected chi connectivity index (χ2v) is 4.53. The van der Waals surface area contributed by atoms with Crippen LogP contribution in [0.3, 0.4) is 0 Å². The molecule has 6 nitrogen and oxygen atoms in total. The molecule has 0 unspecified atom stereocenters. The molecule has 0 aromatic heterocycles. The molecule has 0 aliphatic carbocycles. The molecule has 0 aliphatic rings. The van der Waals surface area contributed by atoms with Crippen molar-refractivity contribution in [3.8, 4) is 0 Å². The zero-order chi connectivity index (χ0) is 14.5. The Hall–Kier alpha value is -0.690. The second kappa shape index (κ2) is 12.3. The minimum absolute atomic E-state index is 0.160. The Bertz CT molecular complexity index is 219. The molecule has 6 heteroatoms. The molecule has 0 radical (unpaired) electrons. The Kier molecular flexibility index (Phi) is 11.9. The standard InChI is InChI=1S/C13H29N3O3/c1-15(7-4-6-14)13(17)5-8-16(9-11-18-2)10-12-19-3/h4-12,14H2,1-3H3. The minimum atomic E-state index is 0.160. The monoisotopic (exact) mass is 275 g/mol. The Morgan fingerprint density at radius 1 is 1.05 bits per heavy atom. The third-order valence-corrected chi connectivity index (χ3v) is 2.99. The SMILES string of the molecule is COCCN(CCOC)CCC(=O)N(C)CCCN. The first-order valence-electron chi connectivity index (χ1n) is 6.80. The molecule has 0 rings (SSSR count). The van der Waals surface area contributed by atoms with Crippen molar-refractivity contribution in [3.63, 3.8) is 0 Å². The normalized spacial score (nSPS) is 11.0. The number of amides is 1. The summed E-state index contributed by atoms with van der Waals surface area (Å²) < 4.78 is 10.1. The summed E-state index contributed by atoms with van der Waals surface area (Å²) in [4.78, 5) is 15.8. The molecule has 19 heavy (non-hydrogen) atoms. The number of nitrogens with two attached hydrogens (primary N) is 1.